The van der Waals surface area contributed by atoms with Gasteiger partial charge in [0.05, 0.1) is 22.5 Å². The summed E-state index contributed by atoms with van der Waals surface area (Å²) in [6.07, 6.45) is 5.89. The van der Waals surface area contributed by atoms with E-state index in [-0.39, 0.29) is 0 Å². The van der Waals surface area contributed by atoms with Crippen LogP contribution in [0.4, 0.5) is 5.13 Å². The second-order valence-corrected chi connectivity index (χ2v) is 5.70. The maximum Gasteiger partial charge on any atom is 0.180 e. The van der Waals surface area contributed by atoms with Crippen molar-refractivity contribution in [1.29, 1.82) is 0 Å². The quantitative estimate of drug-likeness (QED) is 0.802. The molecule has 3 aromatic rings. The molecule has 2 N–H and O–H groups in total. The number of aryl methyl sites for hydroxylation is 1. The monoisotopic (exact) mass is 289 g/mol. The lowest BCUT2D eigenvalue weighted by atomic mass is 10.2. The van der Waals surface area contributed by atoms with Crippen molar-refractivity contribution in [2.24, 2.45) is 0 Å². The number of rotatable bonds is 3. The third kappa shape index (κ3) is 2.34. The molecule has 0 atom stereocenters. The number of nitrogens with zero attached hydrogens (tertiary/aromatic N) is 4. The van der Waals surface area contributed by atoms with Crippen LogP contribution in [0, 0.1) is 0 Å². The summed E-state index contributed by atoms with van der Waals surface area (Å²) in [5.74, 6) is 0. The van der Waals surface area contributed by atoms with Gasteiger partial charge in [0.25, 0.3) is 0 Å². The summed E-state index contributed by atoms with van der Waals surface area (Å²) in [6, 6.07) is 0. The fraction of sp³-hybridized carbons (Fsp3) is 0.167. The summed E-state index contributed by atoms with van der Waals surface area (Å²) in [4.78, 5) is 18.4. The van der Waals surface area contributed by atoms with Crippen LogP contribution in [-0.2, 0) is 6.42 Å². The summed E-state index contributed by atoms with van der Waals surface area (Å²) in [5, 5.41) is 3.40. The number of anilines is 1. The van der Waals surface area contributed by atoms with E-state index >= 15 is 0 Å². The lowest BCUT2D eigenvalue weighted by molar-refractivity contribution is 1.06. The van der Waals surface area contributed by atoms with Crippen LogP contribution in [0.25, 0.3) is 21.3 Å². The molecule has 3 aromatic heterocycles. The van der Waals surface area contributed by atoms with Crippen molar-refractivity contribution in [3.05, 3.63) is 29.7 Å². The molecule has 0 aliphatic carbocycles. The number of hydrogen-bond acceptors (Lipinski definition) is 7. The van der Waals surface area contributed by atoms with Crippen molar-refractivity contribution in [3.63, 3.8) is 0 Å². The van der Waals surface area contributed by atoms with Gasteiger partial charge in [-0.2, -0.15) is 0 Å². The highest BCUT2D eigenvalue weighted by molar-refractivity contribution is 7.19. The number of aromatic nitrogens is 4. The Labute approximate surface area is 118 Å². The Morgan fingerprint density at radius 1 is 1.21 bits per heavy atom. The Bertz CT molecular complexity index is 689. The van der Waals surface area contributed by atoms with Crippen molar-refractivity contribution in [2.45, 2.75) is 13.3 Å². The standard InChI is InChI=1S/C12H11N5S2/c1-2-7-10(9-6-18-12(13)17-9)19-11(16-7)8-5-14-3-4-15-8/h3-6H,2H2,1H3,(H2,13,17). The summed E-state index contributed by atoms with van der Waals surface area (Å²) in [7, 11) is 0. The summed E-state index contributed by atoms with van der Waals surface area (Å²) in [5.41, 5.74) is 8.40. The Kier molecular flexibility index (Phi) is 3.22. The average Bonchev–Trinajstić information content (AvgIpc) is 3.05. The molecule has 3 rings (SSSR count). The predicted octanol–water partition coefficient (Wildman–Crippen LogP) is 2.87. The van der Waals surface area contributed by atoms with Crippen LogP contribution >= 0.6 is 22.7 Å². The highest BCUT2D eigenvalue weighted by atomic mass is 32.1. The van der Waals surface area contributed by atoms with E-state index in [1.54, 1.807) is 29.9 Å². The fourth-order valence-corrected chi connectivity index (χ4v) is 3.41. The molecule has 19 heavy (non-hydrogen) atoms. The molecule has 0 unspecified atom stereocenters. The molecule has 0 amide bonds. The van der Waals surface area contributed by atoms with Gasteiger partial charge in [0, 0.05) is 17.8 Å². The van der Waals surface area contributed by atoms with Gasteiger partial charge in [0.2, 0.25) is 0 Å². The molecule has 3 heterocycles. The minimum absolute atomic E-state index is 0.575. The maximum atomic E-state index is 5.69. The van der Waals surface area contributed by atoms with Crippen molar-refractivity contribution >= 4 is 27.8 Å². The van der Waals surface area contributed by atoms with Gasteiger partial charge in [-0.1, -0.05) is 6.92 Å². The zero-order valence-corrected chi connectivity index (χ0v) is 11.8. The van der Waals surface area contributed by atoms with Crippen LogP contribution < -0.4 is 5.73 Å². The molecular weight excluding hydrogens is 278 g/mol. The van der Waals surface area contributed by atoms with Crippen molar-refractivity contribution in [3.8, 4) is 21.3 Å². The number of hydrogen-bond donors (Lipinski definition) is 1. The first-order valence-corrected chi connectivity index (χ1v) is 7.45. The van der Waals surface area contributed by atoms with Crippen molar-refractivity contribution in [1.82, 2.24) is 19.9 Å². The lowest BCUT2D eigenvalue weighted by Crippen LogP contribution is -1.87. The van der Waals surface area contributed by atoms with Crippen LogP contribution in [0.1, 0.15) is 12.6 Å². The predicted molar refractivity (Wildman–Crippen MR) is 78.0 cm³/mol. The molecule has 0 aliphatic rings. The second-order valence-electron chi connectivity index (χ2n) is 3.81. The van der Waals surface area contributed by atoms with E-state index in [2.05, 4.69) is 26.9 Å². The van der Waals surface area contributed by atoms with E-state index in [0.29, 0.717) is 5.13 Å². The van der Waals surface area contributed by atoms with E-state index in [0.717, 1.165) is 33.4 Å². The molecular formula is C12H11N5S2. The van der Waals surface area contributed by atoms with E-state index in [4.69, 9.17) is 5.73 Å². The minimum Gasteiger partial charge on any atom is -0.375 e. The Morgan fingerprint density at radius 2 is 2.11 bits per heavy atom. The van der Waals surface area contributed by atoms with Crippen LogP contribution in [0.15, 0.2) is 24.0 Å². The maximum absolute atomic E-state index is 5.69. The number of nitrogens with two attached hydrogens (primary N) is 1. The van der Waals surface area contributed by atoms with Gasteiger partial charge in [-0.05, 0) is 6.42 Å². The van der Waals surface area contributed by atoms with Crippen molar-refractivity contribution in [2.75, 3.05) is 5.73 Å². The van der Waals surface area contributed by atoms with Gasteiger partial charge in [-0.15, -0.1) is 22.7 Å². The summed E-state index contributed by atoms with van der Waals surface area (Å²) >= 11 is 3.02. The SMILES string of the molecule is CCc1nc(-c2cnccn2)sc1-c1csc(N)n1. The Balaban J connectivity index is 2.09. The molecule has 0 saturated carbocycles. The second kappa shape index (κ2) is 5.02. The summed E-state index contributed by atoms with van der Waals surface area (Å²) < 4.78 is 0. The summed E-state index contributed by atoms with van der Waals surface area (Å²) in [6.45, 7) is 2.08. The van der Waals surface area contributed by atoms with E-state index in [1.165, 1.54) is 11.3 Å². The number of thiazole rings is 2. The molecule has 0 fully saturated rings. The zero-order valence-electron chi connectivity index (χ0n) is 10.2. The van der Waals surface area contributed by atoms with Crippen LogP contribution in [0.3, 0.4) is 0 Å². The average molecular weight is 289 g/mol. The van der Waals surface area contributed by atoms with Gasteiger partial charge in [0.15, 0.2) is 5.13 Å². The van der Waals surface area contributed by atoms with Crippen LogP contribution in [-0.4, -0.2) is 19.9 Å². The molecule has 5 nitrogen and oxygen atoms in total. The van der Waals surface area contributed by atoms with E-state index < -0.39 is 0 Å². The molecule has 0 radical (unpaired) electrons. The highest BCUT2D eigenvalue weighted by Gasteiger charge is 2.15. The molecule has 0 bridgehead atoms. The molecule has 96 valence electrons. The number of nitrogen functional groups attached to an aromatic ring is 1. The zero-order chi connectivity index (χ0) is 13.2. The topological polar surface area (TPSA) is 77.6 Å². The minimum atomic E-state index is 0.575. The van der Waals surface area contributed by atoms with Gasteiger partial charge in [-0.25, -0.2) is 9.97 Å². The smallest absolute Gasteiger partial charge is 0.180 e. The fourth-order valence-electron chi connectivity index (χ4n) is 1.70. The van der Waals surface area contributed by atoms with Gasteiger partial charge < -0.3 is 5.73 Å². The first-order valence-electron chi connectivity index (χ1n) is 5.75. The van der Waals surface area contributed by atoms with E-state index in [1.807, 2.05) is 5.38 Å². The van der Waals surface area contributed by atoms with E-state index in [9.17, 15) is 0 Å². The van der Waals surface area contributed by atoms with Crippen LogP contribution in [0.5, 0.6) is 0 Å². The molecule has 0 spiro atoms. The van der Waals surface area contributed by atoms with Gasteiger partial charge in [0.1, 0.15) is 10.7 Å². The van der Waals surface area contributed by atoms with Crippen molar-refractivity contribution < 1.29 is 0 Å². The Hall–Kier alpha value is -1.86. The highest BCUT2D eigenvalue weighted by Crippen LogP contribution is 2.35. The largest absolute Gasteiger partial charge is 0.375 e. The third-order valence-corrected chi connectivity index (χ3v) is 4.39. The molecule has 0 aliphatic heterocycles. The molecule has 0 aromatic carbocycles. The normalized spacial score (nSPS) is 10.8. The first-order chi connectivity index (χ1) is 9.28. The molecule has 7 heteroatoms. The Morgan fingerprint density at radius 3 is 2.74 bits per heavy atom. The third-order valence-electron chi connectivity index (χ3n) is 2.57. The first kappa shape index (κ1) is 12.2. The van der Waals surface area contributed by atoms with Gasteiger partial charge in [-0.3, -0.25) is 9.97 Å². The van der Waals surface area contributed by atoms with Gasteiger partial charge >= 0.3 is 0 Å². The molecule has 0 saturated heterocycles. The lowest BCUT2D eigenvalue weighted by Gasteiger charge is -1.93. The van der Waals surface area contributed by atoms with Crippen LogP contribution in [0.2, 0.25) is 0 Å².